The molecule has 0 amide bonds. The van der Waals surface area contributed by atoms with Crippen molar-refractivity contribution in [3.05, 3.63) is 0 Å². The molecule has 1 unspecified atom stereocenters. The SMILES string of the molecule is CCCCCCCCO.CCCCCCCCP. The maximum Gasteiger partial charge on any atom is 0.0431 e. The fourth-order valence-electron chi connectivity index (χ4n) is 1.82. The van der Waals surface area contributed by atoms with Crippen molar-refractivity contribution in [3.63, 3.8) is 0 Å². The smallest absolute Gasteiger partial charge is 0.0431 e. The molecule has 1 nitrogen and oxygen atoms in total. The fraction of sp³-hybridized carbons (Fsp3) is 1.00. The van der Waals surface area contributed by atoms with E-state index in [1.807, 2.05) is 0 Å². The summed E-state index contributed by atoms with van der Waals surface area (Å²) in [7, 11) is 2.78. The molecule has 0 saturated carbocycles. The van der Waals surface area contributed by atoms with Crippen LogP contribution in [0.1, 0.15) is 90.9 Å². The number of rotatable bonds is 12. The molecule has 0 radical (unpaired) electrons. The standard InChI is InChI=1S/C8H18O.C8H19P/c2*1-2-3-4-5-6-7-8-9/h9H,2-8H2,1H3;2-9H2,1H3. The van der Waals surface area contributed by atoms with Crippen LogP contribution in [0.25, 0.3) is 0 Å². The topological polar surface area (TPSA) is 20.2 Å². The van der Waals surface area contributed by atoms with E-state index in [2.05, 4.69) is 23.1 Å². The van der Waals surface area contributed by atoms with Gasteiger partial charge in [0, 0.05) is 6.61 Å². The molecule has 0 aromatic carbocycles. The van der Waals surface area contributed by atoms with Gasteiger partial charge in [0.05, 0.1) is 0 Å². The molecule has 0 aromatic rings. The molecule has 0 aliphatic rings. The molecule has 0 fully saturated rings. The molecule has 0 aliphatic carbocycles. The molecule has 1 N–H and O–H groups in total. The van der Waals surface area contributed by atoms with E-state index in [0.29, 0.717) is 6.61 Å². The van der Waals surface area contributed by atoms with Gasteiger partial charge in [-0.2, -0.15) is 0 Å². The lowest BCUT2D eigenvalue weighted by Gasteiger charge is -1.96. The van der Waals surface area contributed by atoms with E-state index in [9.17, 15) is 0 Å². The maximum atomic E-state index is 8.42. The Morgan fingerprint density at radius 2 is 1.00 bits per heavy atom. The molecule has 0 rings (SSSR count). The molecule has 0 bridgehead atoms. The summed E-state index contributed by atoms with van der Waals surface area (Å²) in [5, 5.41) is 8.42. The molecule has 0 spiro atoms. The van der Waals surface area contributed by atoms with Crippen molar-refractivity contribution in [1.82, 2.24) is 0 Å². The highest BCUT2D eigenvalue weighted by molar-refractivity contribution is 7.16. The second-order valence-electron chi connectivity index (χ2n) is 5.05. The molecule has 18 heavy (non-hydrogen) atoms. The van der Waals surface area contributed by atoms with Gasteiger partial charge in [0.15, 0.2) is 0 Å². The van der Waals surface area contributed by atoms with Gasteiger partial charge in [-0.1, -0.05) is 78.1 Å². The predicted octanol–water partition coefficient (Wildman–Crippen LogP) is 5.56. The van der Waals surface area contributed by atoms with Crippen molar-refractivity contribution in [1.29, 1.82) is 0 Å². The largest absolute Gasteiger partial charge is 0.396 e. The van der Waals surface area contributed by atoms with Crippen molar-refractivity contribution in [2.45, 2.75) is 90.9 Å². The Kier molecular flexibility index (Phi) is 25.9. The minimum Gasteiger partial charge on any atom is -0.396 e. The lowest BCUT2D eigenvalue weighted by atomic mass is 10.1. The molecular formula is C16H37OP. The average molecular weight is 276 g/mol. The minimum atomic E-state index is 0.367. The van der Waals surface area contributed by atoms with Gasteiger partial charge in [0.25, 0.3) is 0 Å². The van der Waals surface area contributed by atoms with E-state index in [0.717, 1.165) is 6.42 Å². The van der Waals surface area contributed by atoms with Crippen molar-refractivity contribution in [3.8, 4) is 0 Å². The van der Waals surface area contributed by atoms with Crippen LogP contribution in [0.4, 0.5) is 0 Å². The molecule has 0 aromatic heterocycles. The summed E-state index contributed by atoms with van der Waals surface area (Å²) in [6, 6.07) is 0. The number of aliphatic hydroxyl groups excluding tert-OH is 1. The summed E-state index contributed by atoms with van der Waals surface area (Å²) < 4.78 is 0. The third kappa shape index (κ3) is 25.3. The zero-order valence-electron chi connectivity index (χ0n) is 12.9. The summed E-state index contributed by atoms with van der Waals surface area (Å²) in [6.45, 7) is 4.84. The van der Waals surface area contributed by atoms with Gasteiger partial charge < -0.3 is 5.11 Å². The molecular weight excluding hydrogens is 239 g/mol. The highest BCUT2D eigenvalue weighted by Crippen LogP contribution is 2.05. The number of hydrogen-bond acceptors (Lipinski definition) is 1. The highest BCUT2D eigenvalue weighted by Gasteiger charge is 1.86. The average Bonchev–Trinajstić information content (AvgIpc) is 2.39. The number of unbranched alkanes of at least 4 members (excludes halogenated alkanes) is 10. The van der Waals surface area contributed by atoms with Crippen LogP contribution in [-0.2, 0) is 0 Å². The van der Waals surface area contributed by atoms with Crippen molar-refractivity contribution in [2.24, 2.45) is 0 Å². The Labute approximate surface area is 118 Å². The van der Waals surface area contributed by atoms with Crippen LogP contribution >= 0.6 is 9.24 Å². The lowest BCUT2D eigenvalue weighted by molar-refractivity contribution is 0.282. The lowest BCUT2D eigenvalue weighted by Crippen LogP contribution is -1.82. The quantitative estimate of drug-likeness (QED) is 0.365. The van der Waals surface area contributed by atoms with E-state index in [1.54, 1.807) is 0 Å². The van der Waals surface area contributed by atoms with Gasteiger partial charge in [0.2, 0.25) is 0 Å². The summed E-state index contributed by atoms with van der Waals surface area (Å²) in [6.07, 6.45) is 17.3. The first-order chi connectivity index (χ1) is 8.83. The van der Waals surface area contributed by atoms with Crippen LogP contribution in [0.15, 0.2) is 0 Å². The van der Waals surface area contributed by atoms with Crippen LogP contribution < -0.4 is 0 Å². The summed E-state index contributed by atoms with van der Waals surface area (Å²) in [4.78, 5) is 0. The second kappa shape index (κ2) is 22.6. The van der Waals surface area contributed by atoms with Gasteiger partial charge in [-0.15, -0.1) is 9.24 Å². The van der Waals surface area contributed by atoms with Gasteiger partial charge in [0.1, 0.15) is 0 Å². The molecule has 1 atom stereocenters. The Bertz CT molecular complexity index is 91.7. The maximum absolute atomic E-state index is 8.42. The van der Waals surface area contributed by atoms with Gasteiger partial charge in [-0.25, -0.2) is 0 Å². The molecule has 0 heterocycles. The Balaban J connectivity index is 0. The molecule has 0 saturated heterocycles. The third-order valence-electron chi connectivity index (χ3n) is 3.07. The van der Waals surface area contributed by atoms with E-state index >= 15 is 0 Å². The van der Waals surface area contributed by atoms with Gasteiger partial charge >= 0.3 is 0 Å². The van der Waals surface area contributed by atoms with Crippen LogP contribution in [0.3, 0.4) is 0 Å². The normalized spacial score (nSPS) is 10.0. The number of aliphatic hydroxyl groups is 1. The monoisotopic (exact) mass is 276 g/mol. The van der Waals surface area contributed by atoms with Crippen LogP contribution in [0, 0.1) is 0 Å². The Morgan fingerprint density at radius 3 is 1.39 bits per heavy atom. The van der Waals surface area contributed by atoms with E-state index in [4.69, 9.17) is 5.11 Å². The summed E-state index contributed by atoms with van der Waals surface area (Å²) >= 11 is 0. The third-order valence-corrected chi connectivity index (χ3v) is 3.48. The van der Waals surface area contributed by atoms with Crippen molar-refractivity contribution < 1.29 is 5.11 Å². The molecule has 0 aliphatic heterocycles. The fourth-order valence-corrected chi connectivity index (χ4v) is 2.11. The van der Waals surface area contributed by atoms with E-state index in [1.165, 1.54) is 76.8 Å². The first-order valence-corrected chi connectivity index (χ1v) is 8.96. The zero-order chi connectivity index (χ0) is 13.9. The van der Waals surface area contributed by atoms with Crippen molar-refractivity contribution >= 4 is 9.24 Å². The summed E-state index contributed by atoms with van der Waals surface area (Å²) in [5.41, 5.74) is 0. The number of hydrogen-bond donors (Lipinski definition) is 1. The molecule has 112 valence electrons. The van der Waals surface area contributed by atoms with Crippen LogP contribution in [0.5, 0.6) is 0 Å². The van der Waals surface area contributed by atoms with Crippen LogP contribution in [-0.4, -0.2) is 17.9 Å². The second-order valence-corrected chi connectivity index (χ2v) is 5.63. The van der Waals surface area contributed by atoms with E-state index in [-0.39, 0.29) is 0 Å². The Hall–Kier alpha value is 0.390. The highest BCUT2D eigenvalue weighted by atomic mass is 31.0. The zero-order valence-corrected chi connectivity index (χ0v) is 14.1. The Morgan fingerprint density at radius 1 is 0.611 bits per heavy atom. The predicted molar refractivity (Wildman–Crippen MR) is 88.4 cm³/mol. The van der Waals surface area contributed by atoms with Gasteiger partial charge in [-0.3, -0.25) is 0 Å². The first-order valence-electron chi connectivity index (χ1n) is 8.14. The molecule has 2 heteroatoms. The van der Waals surface area contributed by atoms with Crippen molar-refractivity contribution in [2.75, 3.05) is 12.8 Å². The minimum absolute atomic E-state index is 0.367. The first kappa shape index (κ1) is 20.7. The van der Waals surface area contributed by atoms with Crippen LogP contribution in [0.2, 0.25) is 0 Å². The van der Waals surface area contributed by atoms with E-state index < -0.39 is 0 Å². The van der Waals surface area contributed by atoms with Gasteiger partial charge in [-0.05, 0) is 19.0 Å². The summed E-state index contributed by atoms with van der Waals surface area (Å²) in [5.74, 6) is 0.